The molecule has 0 spiro atoms. The van der Waals surface area contributed by atoms with Crippen LogP contribution in [0.25, 0.3) is 0 Å². The molecule has 2 heterocycles. The molecule has 0 radical (unpaired) electrons. The fraction of sp³-hybridized carbons (Fsp3) is 0.545. The number of pyridine rings is 1. The maximum absolute atomic E-state index is 11.3. The fourth-order valence-electron chi connectivity index (χ4n) is 2.01. The molecule has 0 amide bonds. The summed E-state index contributed by atoms with van der Waals surface area (Å²) in [5, 5.41) is 3.28. The van der Waals surface area contributed by atoms with Crippen molar-refractivity contribution in [1.82, 2.24) is 10.3 Å². The summed E-state index contributed by atoms with van der Waals surface area (Å²) in [5.41, 5.74) is 1.10. The van der Waals surface area contributed by atoms with Crippen LogP contribution in [0.1, 0.15) is 12.0 Å². The smallest absolute Gasteiger partial charge is 0.150 e. The Morgan fingerprint density at radius 3 is 2.94 bits per heavy atom. The molecule has 1 atom stereocenters. The SMILES string of the molecule is O=S1(=O)CCC(CNCc2cncc(Br)c2)C1. The van der Waals surface area contributed by atoms with Gasteiger partial charge in [0.1, 0.15) is 0 Å². The maximum atomic E-state index is 11.3. The van der Waals surface area contributed by atoms with Crippen LogP contribution >= 0.6 is 15.9 Å². The molecule has 0 saturated carbocycles. The van der Waals surface area contributed by atoms with Crippen LogP contribution in [-0.2, 0) is 16.4 Å². The number of sulfone groups is 1. The largest absolute Gasteiger partial charge is 0.312 e. The molecule has 17 heavy (non-hydrogen) atoms. The Morgan fingerprint density at radius 1 is 1.47 bits per heavy atom. The molecule has 94 valence electrons. The van der Waals surface area contributed by atoms with Crippen LogP contribution in [-0.4, -0.2) is 31.5 Å². The third-order valence-corrected chi connectivity index (χ3v) is 5.12. The predicted octanol–water partition coefficient (Wildman–Crippen LogP) is 1.37. The van der Waals surface area contributed by atoms with Crippen molar-refractivity contribution >= 4 is 25.8 Å². The van der Waals surface area contributed by atoms with E-state index in [1.54, 1.807) is 6.20 Å². The van der Waals surface area contributed by atoms with Crippen LogP contribution in [0.2, 0.25) is 0 Å². The van der Waals surface area contributed by atoms with E-state index in [-0.39, 0.29) is 5.92 Å². The molecule has 2 rings (SSSR count). The van der Waals surface area contributed by atoms with Crippen LogP contribution < -0.4 is 5.32 Å². The van der Waals surface area contributed by atoms with E-state index < -0.39 is 9.84 Å². The first-order valence-electron chi connectivity index (χ1n) is 5.56. The minimum atomic E-state index is -2.76. The number of hydrogen-bond donors (Lipinski definition) is 1. The van der Waals surface area contributed by atoms with E-state index in [1.807, 2.05) is 12.3 Å². The van der Waals surface area contributed by atoms with E-state index >= 15 is 0 Å². The monoisotopic (exact) mass is 318 g/mol. The average Bonchev–Trinajstić information content (AvgIpc) is 2.58. The minimum Gasteiger partial charge on any atom is -0.312 e. The van der Waals surface area contributed by atoms with Crippen LogP contribution in [0.15, 0.2) is 22.9 Å². The van der Waals surface area contributed by atoms with Gasteiger partial charge in [0.2, 0.25) is 0 Å². The quantitative estimate of drug-likeness (QED) is 0.911. The number of nitrogens with zero attached hydrogens (tertiary/aromatic N) is 1. The predicted molar refractivity (Wildman–Crippen MR) is 70.4 cm³/mol. The summed E-state index contributed by atoms with van der Waals surface area (Å²) in [7, 11) is -2.76. The zero-order valence-corrected chi connectivity index (χ0v) is 11.8. The number of rotatable bonds is 4. The van der Waals surface area contributed by atoms with Crippen molar-refractivity contribution in [2.24, 2.45) is 5.92 Å². The van der Waals surface area contributed by atoms with Gasteiger partial charge in [-0.05, 0) is 46.4 Å². The van der Waals surface area contributed by atoms with Gasteiger partial charge in [-0.3, -0.25) is 4.98 Å². The van der Waals surface area contributed by atoms with E-state index in [2.05, 4.69) is 26.2 Å². The Bertz CT molecular complexity index is 490. The normalized spacial score (nSPS) is 22.8. The molecular weight excluding hydrogens is 304 g/mol. The summed E-state index contributed by atoms with van der Waals surface area (Å²) in [6.45, 7) is 1.48. The van der Waals surface area contributed by atoms with Gasteiger partial charge in [0.15, 0.2) is 9.84 Å². The fourth-order valence-corrected chi connectivity index (χ4v) is 4.28. The Hall–Kier alpha value is -0.460. The second-order valence-corrected chi connectivity index (χ2v) is 7.56. The third kappa shape index (κ3) is 4.04. The van der Waals surface area contributed by atoms with Crippen molar-refractivity contribution in [1.29, 1.82) is 0 Å². The lowest BCUT2D eigenvalue weighted by Gasteiger charge is -2.09. The lowest BCUT2D eigenvalue weighted by atomic mass is 10.1. The summed E-state index contributed by atoms with van der Waals surface area (Å²) in [6, 6.07) is 2.01. The van der Waals surface area contributed by atoms with Gasteiger partial charge in [-0.25, -0.2) is 8.42 Å². The molecule has 1 N–H and O–H groups in total. The number of nitrogens with one attached hydrogen (secondary N) is 1. The molecular formula is C11H15BrN2O2S. The van der Waals surface area contributed by atoms with Crippen molar-refractivity contribution < 1.29 is 8.42 Å². The average molecular weight is 319 g/mol. The molecule has 0 bridgehead atoms. The Morgan fingerprint density at radius 2 is 2.29 bits per heavy atom. The van der Waals surface area contributed by atoms with E-state index in [4.69, 9.17) is 0 Å². The highest BCUT2D eigenvalue weighted by molar-refractivity contribution is 9.10. The van der Waals surface area contributed by atoms with Gasteiger partial charge in [-0.15, -0.1) is 0 Å². The van der Waals surface area contributed by atoms with Crippen molar-refractivity contribution in [2.75, 3.05) is 18.1 Å². The molecule has 4 nitrogen and oxygen atoms in total. The summed E-state index contributed by atoms with van der Waals surface area (Å²) in [4.78, 5) is 4.07. The van der Waals surface area contributed by atoms with Crippen LogP contribution in [0.5, 0.6) is 0 Å². The van der Waals surface area contributed by atoms with Crippen molar-refractivity contribution in [2.45, 2.75) is 13.0 Å². The first kappa shape index (κ1) is 13.0. The third-order valence-electron chi connectivity index (χ3n) is 2.85. The van der Waals surface area contributed by atoms with Gasteiger partial charge in [-0.2, -0.15) is 0 Å². The van der Waals surface area contributed by atoms with Gasteiger partial charge in [0.05, 0.1) is 11.5 Å². The molecule has 1 saturated heterocycles. The zero-order valence-electron chi connectivity index (χ0n) is 9.39. The second-order valence-electron chi connectivity index (χ2n) is 4.41. The first-order chi connectivity index (χ1) is 8.05. The Balaban J connectivity index is 1.77. The summed E-state index contributed by atoms with van der Waals surface area (Å²) in [5.74, 6) is 0.939. The lowest BCUT2D eigenvalue weighted by molar-refractivity contribution is 0.520. The zero-order chi connectivity index (χ0) is 12.3. The Labute approximate surface area is 110 Å². The van der Waals surface area contributed by atoms with Crippen molar-refractivity contribution in [3.8, 4) is 0 Å². The molecule has 1 fully saturated rings. The van der Waals surface area contributed by atoms with Crippen LogP contribution in [0, 0.1) is 5.92 Å². The molecule has 6 heteroatoms. The number of aromatic nitrogens is 1. The van der Waals surface area contributed by atoms with Crippen LogP contribution in [0.3, 0.4) is 0 Å². The van der Waals surface area contributed by atoms with Gasteiger partial charge in [0.25, 0.3) is 0 Å². The lowest BCUT2D eigenvalue weighted by Crippen LogP contribution is -2.23. The van der Waals surface area contributed by atoms with E-state index in [0.29, 0.717) is 11.5 Å². The standard InChI is InChI=1S/C11H15BrN2O2S/c12-11-3-10(6-14-7-11)5-13-4-9-1-2-17(15,16)8-9/h3,6-7,9,13H,1-2,4-5,8H2. The number of hydrogen-bond acceptors (Lipinski definition) is 4. The van der Waals surface area contributed by atoms with Gasteiger partial charge < -0.3 is 5.32 Å². The summed E-state index contributed by atoms with van der Waals surface area (Å²) >= 11 is 3.37. The molecule has 0 aromatic carbocycles. The maximum Gasteiger partial charge on any atom is 0.150 e. The Kier molecular flexibility index (Phi) is 4.17. The van der Waals surface area contributed by atoms with Crippen molar-refractivity contribution in [3.63, 3.8) is 0 Å². The molecule has 0 aliphatic carbocycles. The molecule has 1 aromatic heterocycles. The van der Waals surface area contributed by atoms with Gasteiger partial charge >= 0.3 is 0 Å². The molecule has 1 aliphatic rings. The highest BCUT2D eigenvalue weighted by Gasteiger charge is 2.27. The van der Waals surface area contributed by atoms with Crippen LogP contribution in [0.4, 0.5) is 0 Å². The van der Waals surface area contributed by atoms with Crippen molar-refractivity contribution in [3.05, 3.63) is 28.5 Å². The minimum absolute atomic E-state index is 0.264. The van der Waals surface area contributed by atoms with E-state index in [0.717, 1.165) is 29.5 Å². The topological polar surface area (TPSA) is 59.1 Å². The number of halogens is 1. The highest BCUT2D eigenvalue weighted by atomic mass is 79.9. The van der Waals surface area contributed by atoms with E-state index in [1.165, 1.54) is 0 Å². The molecule has 1 aromatic rings. The highest BCUT2D eigenvalue weighted by Crippen LogP contribution is 2.17. The molecule has 1 aliphatic heterocycles. The second kappa shape index (κ2) is 5.46. The summed E-state index contributed by atoms with van der Waals surface area (Å²) in [6.07, 6.45) is 4.34. The molecule has 1 unspecified atom stereocenters. The van der Waals surface area contributed by atoms with Gasteiger partial charge in [-0.1, -0.05) is 0 Å². The van der Waals surface area contributed by atoms with E-state index in [9.17, 15) is 8.42 Å². The van der Waals surface area contributed by atoms with Gasteiger partial charge in [0, 0.05) is 23.4 Å². The first-order valence-corrected chi connectivity index (χ1v) is 8.17. The summed E-state index contributed by atoms with van der Waals surface area (Å²) < 4.78 is 23.5.